The minimum Gasteiger partial charge on any atom is -0.780 e. The van der Waals surface area contributed by atoms with Crippen molar-refractivity contribution in [3.63, 3.8) is 0 Å². The Morgan fingerprint density at radius 3 is 1.80 bits per heavy atom. The molecule has 0 aromatic heterocycles. The first-order chi connectivity index (χ1) is 7.60. The van der Waals surface area contributed by atoms with Gasteiger partial charge in [-0.3, -0.25) is 0 Å². The van der Waals surface area contributed by atoms with E-state index >= 15 is 0 Å². The van der Waals surface area contributed by atoms with E-state index in [4.69, 9.17) is 25.5 Å². The largest absolute Gasteiger partial charge is 1.00 e. The van der Waals surface area contributed by atoms with Gasteiger partial charge in [-0.05, 0) is 0 Å². The topological polar surface area (TPSA) is 222 Å². The van der Waals surface area contributed by atoms with Crippen molar-refractivity contribution in [2.24, 2.45) is 0 Å². The van der Waals surface area contributed by atoms with Crippen LogP contribution >= 0.6 is 7.82 Å². The quantitative estimate of drug-likeness (QED) is 0.227. The fourth-order valence-corrected chi connectivity index (χ4v) is 1.15. The normalized spacial score (nSPS) is 16.4. The Balaban J connectivity index is -0.000000427. The second kappa shape index (κ2) is 12.9. The summed E-state index contributed by atoms with van der Waals surface area (Å²) < 4.78 is 13.2. The molecule has 0 amide bonds. The maximum atomic E-state index is 10.8. The third-order valence-electron chi connectivity index (χ3n) is 1.70. The molecule has 0 rings (SSSR count). The van der Waals surface area contributed by atoms with Gasteiger partial charge in [0.05, 0.1) is 6.61 Å². The molecule has 0 aliphatic rings. The van der Waals surface area contributed by atoms with Crippen molar-refractivity contribution in [3.8, 4) is 0 Å². The molecule has 14 heteroatoms. The van der Waals surface area contributed by atoms with E-state index in [1.54, 1.807) is 0 Å². The molecule has 0 radical (unpaired) electrons. The molecular formula is C6H13Na2O11P. The molecule has 0 spiro atoms. The van der Waals surface area contributed by atoms with Crippen LogP contribution in [0.3, 0.4) is 0 Å². The van der Waals surface area contributed by atoms with Crippen molar-refractivity contribution in [2.75, 3.05) is 6.61 Å². The fraction of sp³-hybridized carbons (Fsp3) is 0.833. The van der Waals surface area contributed by atoms with E-state index in [9.17, 15) is 19.1 Å². The zero-order valence-corrected chi connectivity index (χ0v) is 15.6. The SMILES string of the molecule is O.O=C(OP(=O)([O-])[O-])[C@H](O)[C@@H](O)[C@H](O)[C@H](O)CO.[Na+].[Na+]. The Morgan fingerprint density at radius 1 is 1.10 bits per heavy atom. The van der Waals surface area contributed by atoms with Crippen LogP contribution in [0.2, 0.25) is 0 Å². The molecule has 20 heavy (non-hydrogen) atoms. The Bertz CT molecular complexity index is 309. The molecule has 0 aromatic rings. The molecule has 0 bridgehead atoms. The summed E-state index contributed by atoms with van der Waals surface area (Å²) in [5.74, 6) is -2.00. The smallest absolute Gasteiger partial charge is 0.780 e. The molecule has 11 nitrogen and oxygen atoms in total. The number of hydrogen-bond donors (Lipinski definition) is 5. The number of phosphoric acid groups is 1. The van der Waals surface area contributed by atoms with Crippen LogP contribution in [0.5, 0.6) is 0 Å². The van der Waals surface area contributed by atoms with Crippen LogP contribution in [0.15, 0.2) is 0 Å². The minimum absolute atomic E-state index is 0. The molecule has 0 aliphatic heterocycles. The summed E-state index contributed by atoms with van der Waals surface area (Å²) in [5.41, 5.74) is 0. The zero-order chi connectivity index (χ0) is 13.8. The fourth-order valence-electron chi connectivity index (χ4n) is 0.826. The van der Waals surface area contributed by atoms with Crippen LogP contribution in [-0.4, -0.2) is 68.0 Å². The van der Waals surface area contributed by atoms with Crippen LogP contribution in [-0.2, 0) is 13.9 Å². The summed E-state index contributed by atoms with van der Waals surface area (Å²) in [4.78, 5) is 30.8. The second-order valence-corrected chi connectivity index (χ2v) is 4.11. The molecule has 4 atom stereocenters. The standard InChI is InChI=1S/C6H13O10P.2Na.H2O/c7-1-2(8)3(9)4(10)5(11)6(12)16-17(13,14)15;;;/h2-5,7-11H,1H2,(H2,13,14,15);;;1H2/q;2*+1;/p-2/t2-,3-,4+,5-;;;/m1.../s1. The number of aliphatic hydroxyl groups excluding tert-OH is 5. The van der Waals surface area contributed by atoms with E-state index in [-0.39, 0.29) is 64.6 Å². The van der Waals surface area contributed by atoms with Gasteiger partial charge in [-0.1, -0.05) is 0 Å². The van der Waals surface area contributed by atoms with Crippen LogP contribution in [0.25, 0.3) is 0 Å². The van der Waals surface area contributed by atoms with Gasteiger partial charge >= 0.3 is 65.1 Å². The van der Waals surface area contributed by atoms with Crippen molar-refractivity contribution >= 4 is 13.8 Å². The summed E-state index contributed by atoms with van der Waals surface area (Å²) in [6.45, 7) is -0.985. The molecule has 7 N–H and O–H groups in total. The van der Waals surface area contributed by atoms with E-state index in [0.717, 1.165) is 0 Å². The Kier molecular flexibility index (Phi) is 18.9. The second-order valence-electron chi connectivity index (χ2n) is 3.03. The summed E-state index contributed by atoms with van der Waals surface area (Å²) >= 11 is 0. The molecule has 110 valence electrons. The monoisotopic (exact) mass is 338 g/mol. The zero-order valence-electron chi connectivity index (χ0n) is 10.7. The number of carbonyl (C=O) groups is 1. The molecule has 0 saturated carbocycles. The van der Waals surface area contributed by atoms with Gasteiger partial charge in [0.2, 0.25) is 0 Å². The first-order valence-electron chi connectivity index (χ1n) is 4.18. The van der Waals surface area contributed by atoms with Crippen molar-refractivity contribution in [1.82, 2.24) is 0 Å². The van der Waals surface area contributed by atoms with Crippen molar-refractivity contribution < 1.29 is 114 Å². The summed E-state index contributed by atoms with van der Waals surface area (Å²) in [5, 5.41) is 44.4. The third kappa shape index (κ3) is 11.0. The van der Waals surface area contributed by atoms with Crippen molar-refractivity contribution in [1.29, 1.82) is 0 Å². The first-order valence-corrected chi connectivity index (χ1v) is 5.65. The van der Waals surface area contributed by atoms with Crippen LogP contribution in [0, 0.1) is 0 Å². The molecule has 0 aromatic carbocycles. The van der Waals surface area contributed by atoms with Crippen molar-refractivity contribution in [2.45, 2.75) is 24.4 Å². The van der Waals surface area contributed by atoms with Gasteiger partial charge in [-0.25, -0.2) is 4.79 Å². The first kappa shape index (κ1) is 29.4. The van der Waals surface area contributed by atoms with Gasteiger partial charge in [0, 0.05) is 0 Å². The van der Waals surface area contributed by atoms with Gasteiger partial charge in [0.15, 0.2) is 6.10 Å². The van der Waals surface area contributed by atoms with Gasteiger partial charge < -0.3 is 49.9 Å². The third-order valence-corrected chi connectivity index (χ3v) is 2.10. The number of phosphoric ester groups is 1. The number of carbonyl (C=O) groups excluding carboxylic acids is 1. The number of hydrogen-bond acceptors (Lipinski definition) is 10. The van der Waals surface area contributed by atoms with Crippen LogP contribution < -0.4 is 68.9 Å². The molecule has 0 fully saturated rings. The number of rotatable bonds is 6. The van der Waals surface area contributed by atoms with E-state index in [2.05, 4.69) is 4.52 Å². The molecular weight excluding hydrogens is 325 g/mol. The minimum atomic E-state index is -5.69. The van der Waals surface area contributed by atoms with Gasteiger partial charge in [-0.15, -0.1) is 0 Å². The van der Waals surface area contributed by atoms with E-state index in [0.29, 0.717) is 0 Å². The predicted molar refractivity (Wildman–Crippen MR) is 48.4 cm³/mol. The summed E-state index contributed by atoms with van der Waals surface area (Å²) in [6.07, 6.45) is -8.92. The van der Waals surface area contributed by atoms with Crippen molar-refractivity contribution in [3.05, 3.63) is 0 Å². The van der Waals surface area contributed by atoms with Gasteiger partial charge in [-0.2, -0.15) is 0 Å². The Hall–Kier alpha value is 1.38. The molecule has 0 saturated heterocycles. The average molecular weight is 338 g/mol. The maximum absolute atomic E-state index is 10.8. The van der Waals surface area contributed by atoms with Crippen LogP contribution in [0.1, 0.15) is 0 Å². The van der Waals surface area contributed by atoms with E-state index in [1.807, 2.05) is 0 Å². The Morgan fingerprint density at radius 2 is 1.50 bits per heavy atom. The van der Waals surface area contributed by atoms with Gasteiger partial charge in [0.25, 0.3) is 0 Å². The maximum Gasteiger partial charge on any atom is 1.00 e. The summed E-state index contributed by atoms with van der Waals surface area (Å²) in [7, 11) is -5.69. The average Bonchev–Trinajstić information content (AvgIpc) is 2.22. The Labute approximate surface area is 157 Å². The van der Waals surface area contributed by atoms with E-state index < -0.39 is 44.8 Å². The molecule has 0 heterocycles. The summed E-state index contributed by atoms with van der Waals surface area (Å²) in [6, 6.07) is 0. The van der Waals surface area contributed by atoms with E-state index in [1.165, 1.54) is 0 Å². The predicted octanol–water partition coefficient (Wildman–Crippen LogP) is -12.0. The number of aliphatic hydroxyl groups is 5. The molecule has 0 aliphatic carbocycles. The molecule has 0 unspecified atom stereocenters. The van der Waals surface area contributed by atoms with Gasteiger partial charge in [0.1, 0.15) is 26.1 Å². The van der Waals surface area contributed by atoms with Crippen LogP contribution in [0.4, 0.5) is 0 Å².